The van der Waals surface area contributed by atoms with Gasteiger partial charge >= 0.3 is 6.16 Å². The van der Waals surface area contributed by atoms with Crippen molar-refractivity contribution in [2.24, 2.45) is 0 Å². The van der Waals surface area contributed by atoms with E-state index in [1.807, 2.05) is 0 Å². The van der Waals surface area contributed by atoms with Crippen LogP contribution in [0.3, 0.4) is 0 Å². The first-order valence-corrected chi connectivity index (χ1v) is 2.92. The number of hydrogen-bond acceptors (Lipinski definition) is 3. The molecule has 0 aliphatic rings. The molecule has 0 unspecified atom stereocenters. The van der Waals surface area contributed by atoms with Crippen LogP contribution in [0.15, 0.2) is 25.3 Å². The maximum Gasteiger partial charge on any atom is 0.503 e. The first-order chi connectivity index (χ1) is 5.56. The fourth-order valence-corrected chi connectivity index (χ4v) is 0. The second-order valence-corrected chi connectivity index (χ2v) is 1.23. The summed E-state index contributed by atoms with van der Waals surface area (Å²) in [6.45, 7) is 6.62. The first kappa shape index (κ1) is 17.0. The Bertz CT molecular complexity index is 98.4. The second-order valence-electron chi connectivity index (χ2n) is 1.23. The molecule has 4 N–H and O–H groups in total. The minimum absolute atomic E-state index is 0.0833. The predicted octanol–water partition coefficient (Wildman–Crippen LogP) is 0.552. The van der Waals surface area contributed by atoms with Gasteiger partial charge in [-0.15, -0.1) is 13.2 Å². The SMILES string of the molecule is C=CCO.C=CCO.O=C(O)O. The van der Waals surface area contributed by atoms with Crippen molar-refractivity contribution in [3.63, 3.8) is 0 Å². The Hall–Kier alpha value is -1.33. The summed E-state index contributed by atoms with van der Waals surface area (Å²) < 4.78 is 0. The van der Waals surface area contributed by atoms with Gasteiger partial charge in [-0.2, -0.15) is 0 Å². The van der Waals surface area contributed by atoms with E-state index in [2.05, 4.69) is 13.2 Å². The standard InChI is InChI=1S/2C3H6O.CH2O3/c2*1-2-3-4;2-1(3)4/h2*2,4H,1,3H2;(H2,2,3,4). The van der Waals surface area contributed by atoms with Crippen LogP contribution >= 0.6 is 0 Å². The molecular formula is C7H14O5. The molecule has 0 rings (SSSR count). The zero-order chi connectivity index (χ0) is 10.4. The van der Waals surface area contributed by atoms with E-state index in [0.29, 0.717) is 0 Å². The van der Waals surface area contributed by atoms with Crippen molar-refractivity contribution in [3.05, 3.63) is 25.3 Å². The van der Waals surface area contributed by atoms with Crippen molar-refractivity contribution in [2.45, 2.75) is 0 Å². The highest BCUT2D eigenvalue weighted by atomic mass is 16.6. The Balaban J connectivity index is -0.000000101. The van der Waals surface area contributed by atoms with E-state index in [-0.39, 0.29) is 13.2 Å². The van der Waals surface area contributed by atoms with Crippen LogP contribution in [0.5, 0.6) is 0 Å². The van der Waals surface area contributed by atoms with Gasteiger partial charge in [0.2, 0.25) is 0 Å². The number of carboxylic acid groups (broad SMARTS) is 2. The van der Waals surface area contributed by atoms with Gasteiger partial charge in [-0.3, -0.25) is 0 Å². The fourth-order valence-electron chi connectivity index (χ4n) is 0. The van der Waals surface area contributed by atoms with Crippen LogP contribution in [0.4, 0.5) is 4.79 Å². The Morgan fingerprint density at radius 3 is 1.17 bits per heavy atom. The van der Waals surface area contributed by atoms with E-state index < -0.39 is 6.16 Å². The molecule has 0 aromatic rings. The molecule has 0 bridgehead atoms. The number of rotatable bonds is 2. The lowest BCUT2D eigenvalue weighted by Crippen LogP contribution is -1.81. The molecule has 0 amide bonds. The molecule has 72 valence electrons. The van der Waals surface area contributed by atoms with Gasteiger partial charge in [0.05, 0.1) is 13.2 Å². The molecule has 0 aliphatic carbocycles. The van der Waals surface area contributed by atoms with Crippen molar-refractivity contribution >= 4 is 6.16 Å². The third-order valence-electron chi connectivity index (χ3n) is 0.258. The minimum Gasteiger partial charge on any atom is -0.450 e. The monoisotopic (exact) mass is 178 g/mol. The molecule has 0 aromatic heterocycles. The maximum absolute atomic E-state index is 8.56. The summed E-state index contributed by atoms with van der Waals surface area (Å²) in [4.78, 5) is 8.56. The van der Waals surface area contributed by atoms with Crippen LogP contribution in [0.2, 0.25) is 0 Å². The normalized spacial score (nSPS) is 6.17. The molecule has 0 saturated carbocycles. The minimum atomic E-state index is -1.83. The largest absolute Gasteiger partial charge is 0.503 e. The topological polar surface area (TPSA) is 98.0 Å². The van der Waals surface area contributed by atoms with Crippen molar-refractivity contribution in [1.29, 1.82) is 0 Å². The Kier molecular flexibility index (Phi) is 32.0. The van der Waals surface area contributed by atoms with E-state index in [9.17, 15) is 0 Å². The molecule has 5 heteroatoms. The molecule has 0 saturated heterocycles. The summed E-state index contributed by atoms with van der Waals surface area (Å²) >= 11 is 0. The molecule has 12 heavy (non-hydrogen) atoms. The van der Waals surface area contributed by atoms with Crippen LogP contribution in [-0.2, 0) is 0 Å². The lowest BCUT2D eigenvalue weighted by Gasteiger charge is -1.60. The van der Waals surface area contributed by atoms with Crippen molar-refractivity contribution in [3.8, 4) is 0 Å². The van der Waals surface area contributed by atoms with Gasteiger partial charge in [0.1, 0.15) is 0 Å². The van der Waals surface area contributed by atoms with Crippen molar-refractivity contribution in [2.75, 3.05) is 13.2 Å². The van der Waals surface area contributed by atoms with Crippen LogP contribution in [0.1, 0.15) is 0 Å². The number of aliphatic hydroxyl groups excluding tert-OH is 2. The second kappa shape index (κ2) is 22.6. The molecule has 0 spiro atoms. The highest BCUT2D eigenvalue weighted by Crippen LogP contribution is 1.46. The molecular weight excluding hydrogens is 164 g/mol. The molecule has 0 heterocycles. The average molecular weight is 178 g/mol. The lowest BCUT2D eigenvalue weighted by molar-refractivity contribution is 0.137. The molecule has 0 radical (unpaired) electrons. The van der Waals surface area contributed by atoms with Crippen molar-refractivity contribution < 1.29 is 25.2 Å². The van der Waals surface area contributed by atoms with Gasteiger partial charge in [-0.1, -0.05) is 12.2 Å². The lowest BCUT2D eigenvalue weighted by atomic mass is 10.7. The number of aliphatic hydroxyl groups is 2. The van der Waals surface area contributed by atoms with E-state index in [1.54, 1.807) is 0 Å². The van der Waals surface area contributed by atoms with Gasteiger partial charge in [0.15, 0.2) is 0 Å². The quantitative estimate of drug-likeness (QED) is 0.463. The zero-order valence-corrected chi connectivity index (χ0v) is 6.68. The highest BCUT2D eigenvalue weighted by molar-refractivity contribution is 5.53. The molecule has 0 atom stereocenters. The fraction of sp³-hybridized carbons (Fsp3) is 0.286. The summed E-state index contributed by atoms with van der Waals surface area (Å²) in [5.41, 5.74) is 0. The molecule has 0 aliphatic heterocycles. The Labute approximate surface area is 70.9 Å². The smallest absolute Gasteiger partial charge is 0.450 e. The van der Waals surface area contributed by atoms with Crippen LogP contribution in [-0.4, -0.2) is 39.8 Å². The van der Waals surface area contributed by atoms with E-state index in [0.717, 1.165) is 0 Å². The highest BCUT2D eigenvalue weighted by Gasteiger charge is 1.70. The first-order valence-electron chi connectivity index (χ1n) is 2.92. The van der Waals surface area contributed by atoms with Crippen molar-refractivity contribution in [1.82, 2.24) is 0 Å². The van der Waals surface area contributed by atoms with Gasteiger partial charge in [-0.25, -0.2) is 4.79 Å². The number of carbonyl (C=O) groups is 1. The third-order valence-corrected chi connectivity index (χ3v) is 0.258. The molecule has 0 fully saturated rings. The summed E-state index contributed by atoms with van der Waals surface area (Å²) in [7, 11) is 0. The summed E-state index contributed by atoms with van der Waals surface area (Å²) in [5.74, 6) is 0. The van der Waals surface area contributed by atoms with E-state index in [4.69, 9.17) is 25.2 Å². The molecule has 0 aromatic carbocycles. The summed E-state index contributed by atoms with van der Waals surface area (Å²) in [5, 5.41) is 29.5. The summed E-state index contributed by atoms with van der Waals surface area (Å²) in [6, 6.07) is 0. The average Bonchev–Trinajstić information content (AvgIpc) is 2.03. The Morgan fingerprint density at radius 2 is 1.17 bits per heavy atom. The third kappa shape index (κ3) is 1140. The van der Waals surface area contributed by atoms with Gasteiger partial charge in [-0.05, 0) is 0 Å². The summed E-state index contributed by atoms with van der Waals surface area (Å²) in [6.07, 6.45) is 1.03. The Morgan fingerprint density at radius 1 is 1.08 bits per heavy atom. The van der Waals surface area contributed by atoms with Crippen LogP contribution in [0, 0.1) is 0 Å². The van der Waals surface area contributed by atoms with Crippen LogP contribution < -0.4 is 0 Å². The predicted molar refractivity (Wildman–Crippen MR) is 45.2 cm³/mol. The van der Waals surface area contributed by atoms with Gasteiger partial charge < -0.3 is 20.4 Å². The number of hydrogen-bond donors (Lipinski definition) is 4. The van der Waals surface area contributed by atoms with E-state index >= 15 is 0 Å². The zero-order valence-electron chi connectivity index (χ0n) is 6.68. The maximum atomic E-state index is 8.56. The van der Waals surface area contributed by atoms with E-state index in [1.165, 1.54) is 12.2 Å². The van der Waals surface area contributed by atoms with Gasteiger partial charge in [0, 0.05) is 0 Å². The van der Waals surface area contributed by atoms with Gasteiger partial charge in [0.25, 0.3) is 0 Å². The van der Waals surface area contributed by atoms with Crippen LogP contribution in [0.25, 0.3) is 0 Å². The molecule has 5 nitrogen and oxygen atoms in total.